The minimum atomic E-state index is -0.507. The van der Waals surface area contributed by atoms with E-state index < -0.39 is 5.97 Å². The summed E-state index contributed by atoms with van der Waals surface area (Å²) >= 11 is 5.90. The van der Waals surface area contributed by atoms with Gasteiger partial charge < -0.3 is 21.5 Å². The summed E-state index contributed by atoms with van der Waals surface area (Å²) in [5, 5.41) is 3.96. The van der Waals surface area contributed by atoms with Crippen LogP contribution in [0.2, 0.25) is 5.02 Å². The number of benzene rings is 2. The largest absolute Gasteiger partial charge is 0.454 e. The zero-order chi connectivity index (χ0) is 19.9. The fourth-order valence-corrected chi connectivity index (χ4v) is 2.66. The second kappa shape index (κ2) is 9.01. The Kier molecular flexibility index (Phi) is 6.23. The molecule has 5 N–H and O–H groups in total. The second-order valence-electron chi connectivity index (χ2n) is 5.89. The van der Waals surface area contributed by atoms with Crippen molar-refractivity contribution >= 4 is 35.2 Å². The number of nitrogens with zero attached hydrogens (tertiary/aromatic N) is 3. The van der Waals surface area contributed by atoms with Crippen LogP contribution in [0.15, 0.2) is 48.5 Å². The van der Waals surface area contributed by atoms with Gasteiger partial charge in [-0.25, -0.2) is 4.79 Å². The molecule has 1 heterocycles. The van der Waals surface area contributed by atoms with Crippen molar-refractivity contribution < 1.29 is 9.53 Å². The molecule has 0 saturated carbocycles. The lowest BCUT2D eigenvalue weighted by molar-refractivity contribution is 0.0463. The van der Waals surface area contributed by atoms with Gasteiger partial charge in [-0.15, -0.1) is 0 Å². The molecule has 0 radical (unpaired) electrons. The molecule has 0 atom stereocenters. The molecule has 0 bridgehead atoms. The Morgan fingerprint density at radius 2 is 1.68 bits per heavy atom. The number of hydrogen-bond donors (Lipinski definition) is 3. The molecule has 0 aliphatic heterocycles. The molecule has 0 fully saturated rings. The third-order valence-electron chi connectivity index (χ3n) is 3.84. The summed E-state index contributed by atoms with van der Waals surface area (Å²) in [7, 11) is 0. The Morgan fingerprint density at radius 3 is 2.39 bits per heavy atom. The smallest absolute Gasteiger partial charge is 0.340 e. The molecule has 3 rings (SSSR count). The van der Waals surface area contributed by atoms with Crippen LogP contribution in [0.4, 0.5) is 17.6 Å². The van der Waals surface area contributed by atoms with Gasteiger partial charge in [0, 0.05) is 17.3 Å². The Balaban J connectivity index is 1.60. The summed E-state index contributed by atoms with van der Waals surface area (Å²) < 4.78 is 5.29. The topological polar surface area (TPSA) is 129 Å². The molecule has 0 saturated heterocycles. The van der Waals surface area contributed by atoms with Gasteiger partial charge in [-0.3, -0.25) is 0 Å². The van der Waals surface area contributed by atoms with Crippen molar-refractivity contribution in [1.29, 1.82) is 0 Å². The molecule has 2 aromatic carbocycles. The first-order valence-corrected chi connectivity index (χ1v) is 8.89. The maximum atomic E-state index is 12.5. The first-order chi connectivity index (χ1) is 13.5. The van der Waals surface area contributed by atoms with E-state index in [2.05, 4.69) is 20.3 Å². The SMILES string of the molecule is Nc1nc(N)nc(COC(=O)c2ccccc2NCCc2ccc(Cl)cc2)n1. The van der Waals surface area contributed by atoms with E-state index in [4.69, 9.17) is 27.8 Å². The molecule has 9 heteroatoms. The molecule has 28 heavy (non-hydrogen) atoms. The number of anilines is 3. The van der Waals surface area contributed by atoms with E-state index in [9.17, 15) is 4.79 Å². The molecule has 0 unspecified atom stereocenters. The highest BCUT2D eigenvalue weighted by Gasteiger charge is 2.13. The van der Waals surface area contributed by atoms with E-state index in [1.807, 2.05) is 36.4 Å². The van der Waals surface area contributed by atoms with Crippen molar-refractivity contribution in [3.8, 4) is 0 Å². The molecule has 0 aliphatic rings. The quantitative estimate of drug-likeness (QED) is 0.518. The molecule has 144 valence electrons. The predicted octanol–water partition coefficient (Wildman–Crippen LogP) is 2.70. The molecule has 0 amide bonds. The lowest BCUT2D eigenvalue weighted by Crippen LogP contribution is -2.13. The number of rotatable bonds is 7. The number of carbonyl (C=O) groups excluding carboxylic acids is 1. The number of para-hydroxylation sites is 1. The van der Waals surface area contributed by atoms with Gasteiger partial charge in [0.05, 0.1) is 5.56 Å². The van der Waals surface area contributed by atoms with E-state index in [-0.39, 0.29) is 24.3 Å². The summed E-state index contributed by atoms with van der Waals surface area (Å²) in [6.07, 6.45) is 0.782. The second-order valence-corrected chi connectivity index (χ2v) is 6.33. The molecule has 0 aliphatic carbocycles. The monoisotopic (exact) mass is 398 g/mol. The number of nitrogens with one attached hydrogen (secondary N) is 1. The highest BCUT2D eigenvalue weighted by atomic mass is 35.5. The Morgan fingerprint density at radius 1 is 1.00 bits per heavy atom. The van der Waals surface area contributed by atoms with E-state index in [0.717, 1.165) is 12.0 Å². The van der Waals surface area contributed by atoms with Crippen LogP contribution >= 0.6 is 11.6 Å². The Bertz CT molecular complexity index is 945. The van der Waals surface area contributed by atoms with E-state index >= 15 is 0 Å². The van der Waals surface area contributed by atoms with Crippen molar-refractivity contribution in [3.63, 3.8) is 0 Å². The van der Waals surface area contributed by atoms with Gasteiger partial charge in [0.1, 0.15) is 0 Å². The maximum Gasteiger partial charge on any atom is 0.340 e. The van der Waals surface area contributed by atoms with Crippen molar-refractivity contribution in [1.82, 2.24) is 15.0 Å². The third kappa shape index (κ3) is 5.31. The number of esters is 1. The lowest BCUT2D eigenvalue weighted by atomic mass is 10.1. The number of nitrogen functional groups attached to an aromatic ring is 2. The summed E-state index contributed by atoms with van der Waals surface area (Å²) in [6.45, 7) is 0.487. The first-order valence-electron chi connectivity index (χ1n) is 8.51. The van der Waals surface area contributed by atoms with Crippen LogP contribution < -0.4 is 16.8 Å². The number of nitrogens with two attached hydrogens (primary N) is 2. The minimum Gasteiger partial charge on any atom is -0.454 e. The number of hydrogen-bond acceptors (Lipinski definition) is 8. The zero-order valence-electron chi connectivity index (χ0n) is 14.9. The number of aromatic nitrogens is 3. The van der Waals surface area contributed by atoms with Gasteiger partial charge in [-0.2, -0.15) is 15.0 Å². The van der Waals surface area contributed by atoms with E-state index in [1.165, 1.54) is 0 Å². The molecular formula is C19H19ClN6O2. The van der Waals surface area contributed by atoms with Crippen LogP contribution in [0.5, 0.6) is 0 Å². The van der Waals surface area contributed by atoms with Gasteiger partial charge in [-0.1, -0.05) is 35.9 Å². The van der Waals surface area contributed by atoms with Crippen LogP contribution in [-0.4, -0.2) is 27.5 Å². The average molecular weight is 399 g/mol. The molecule has 3 aromatic rings. The molecule has 1 aromatic heterocycles. The summed E-state index contributed by atoms with van der Waals surface area (Å²) in [5.41, 5.74) is 13.3. The fourth-order valence-electron chi connectivity index (χ4n) is 2.54. The summed E-state index contributed by atoms with van der Waals surface area (Å²) in [4.78, 5) is 23.9. The fraction of sp³-hybridized carbons (Fsp3) is 0.158. The van der Waals surface area contributed by atoms with Crippen LogP contribution in [0.3, 0.4) is 0 Å². The van der Waals surface area contributed by atoms with Crippen LogP contribution in [0.25, 0.3) is 0 Å². The van der Waals surface area contributed by atoms with Crippen molar-refractivity contribution in [2.24, 2.45) is 0 Å². The summed E-state index contributed by atoms with van der Waals surface area (Å²) in [6, 6.07) is 14.7. The normalized spacial score (nSPS) is 10.5. The molecular weight excluding hydrogens is 380 g/mol. The number of halogens is 1. The summed E-state index contributed by atoms with van der Waals surface area (Å²) in [5.74, 6) is -0.371. The third-order valence-corrected chi connectivity index (χ3v) is 4.09. The highest BCUT2D eigenvalue weighted by Crippen LogP contribution is 2.17. The van der Waals surface area contributed by atoms with Gasteiger partial charge in [0.15, 0.2) is 12.4 Å². The predicted molar refractivity (Wildman–Crippen MR) is 108 cm³/mol. The van der Waals surface area contributed by atoms with Crippen molar-refractivity contribution in [2.75, 3.05) is 23.3 Å². The van der Waals surface area contributed by atoms with Gasteiger partial charge >= 0.3 is 5.97 Å². The Labute approximate surface area is 166 Å². The van der Waals surface area contributed by atoms with Crippen LogP contribution in [0, 0.1) is 0 Å². The minimum absolute atomic E-state index is 0.0252. The number of ether oxygens (including phenoxy) is 1. The van der Waals surface area contributed by atoms with Crippen molar-refractivity contribution in [3.05, 3.63) is 70.5 Å². The standard InChI is InChI=1S/C19H19ClN6O2/c20-13-7-5-12(6-8-13)9-10-23-15-4-2-1-3-14(15)17(27)28-11-16-24-18(21)26-19(22)25-16/h1-8,23H,9-11H2,(H4,21,22,24,25,26). The lowest BCUT2D eigenvalue weighted by Gasteiger charge is -2.12. The van der Waals surface area contributed by atoms with Crippen molar-refractivity contribution in [2.45, 2.75) is 13.0 Å². The molecule has 8 nitrogen and oxygen atoms in total. The maximum absolute atomic E-state index is 12.5. The zero-order valence-corrected chi connectivity index (χ0v) is 15.7. The van der Waals surface area contributed by atoms with Crippen LogP contribution in [0.1, 0.15) is 21.7 Å². The van der Waals surface area contributed by atoms with Crippen LogP contribution in [-0.2, 0) is 17.8 Å². The van der Waals surface area contributed by atoms with Gasteiger partial charge in [0.25, 0.3) is 0 Å². The van der Waals surface area contributed by atoms with E-state index in [0.29, 0.717) is 22.8 Å². The van der Waals surface area contributed by atoms with Gasteiger partial charge in [0.2, 0.25) is 11.9 Å². The van der Waals surface area contributed by atoms with E-state index in [1.54, 1.807) is 12.1 Å². The van der Waals surface area contributed by atoms with Gasteiger partial charge in [-0.05, 0) is 36.2 Å². The average Bonchev–Trinajstić information content (AvgIpc) is 2.67. The first kappa shape index (κ1) is 19.4. The molecule has 0 spiro atoms. The highest BCUT2D eigenvalue weighted by molar-refractivity contribution is 6.30. The number of carbonyl (C=O) groups is 1. The Hall–Kier alpha value is -3.39.